The Balaban J connectivity index is 1.99. The highest BCUT2D eigenvalue weighted by molar-refractivity contribution is 5.95. The molecule has 2 bridgehead atoms. The monoisotopic (exact) mass is 805 g/mol. The largest absolute Gasteiger partial charge is 0.456 e. The fourth-order valence-corrected chi connectivity index (χ4v) is 9.03. The standard InChI is InChI=1S/C41H59NO15/c1-19(2)14-24(42-36(50)57-37(8,9)10)30(47)35(49)54-25-17-41(51)34(55-28(46)15-20(3)4)32-39(13,26(45)16-27-40(32,18-52-27)56-23(7)44)33(48)31(53-22(6)43)29(21(25)5)38(41,11)12/h14-15,24-27,30-32,34,45,47,51H,16-18H2,1-13H3,(H,42,50)/t24-,25+,26-,27+,30+,31+,32+,34+,39+,40-,41+/m0/s1. The normalized spacial score (nSPS) is 33.9. The molecule has 1 amide bonds. The third-order valence-electron chi connectivity index (χ3n) is 11.6. The molecule has 4 N–H and O–H groups in total. The van der Waals surface area contributed by atoms with Gasteiger partial charge in [0.2, 0.25) is 0 Å². The Morgan fingerprint density at radius 3 is 2.05 bits per heavy atom. The number of ketones is 1. The first-order chi connectivity index (χ1) is 26.0. The highest BCUT2D eigenvalue weighted by Gasteiger charge is 2.78. The minimum atomic E-state index is -2.35. The summed E-state index contributed by atoms with van der Waals surface area (Å²) >= 11 is 0. The van der Waals surface area contributed by atoms with Gasteiger partial charge in [-0.05, 0) is 73.5 Å². The Hall–Kier alpha value is -4.12. The molecule has 4 aliphatic rings. The Labute approximate surface area is 333 Å². The fourth-order valence-electron chi connectivity index (χ4n) is 9.03. The van der Waals surface area contributed by atoms with E-state index in [0.29, 0.717) is 11.1 Å². The second-order valence-electron chi connectivity index (χ2n) is 17.9. The number of esters is 4. The van der Waals surface area contributed by atoms with Crippen molar-refractivity contribution < 1.29 is 72.5 Å². The molecule has 57 heavy (non-hydrogen) atoms. The van der Waals surface area contributed by atoms with Gasteiger partial charge in [0.15, 0.2) is 23.6 Å². The predicted octanol–water partition coefficient (Wildman–Crippen LogP) is 3.08. The van der Waals surface area contributed by atoms with Crippen LogP contribution in [0.3, 0.4) is 0 Å². The van der Waals surface area contributed by atoms with Crippen LogP contribution >= 0.6 is 0 Å². The van der Waals surface area contributed by atoms with E-state index in [2.05, 4.69) is 5.32 Å². The number of alkyl carbamates (subject to hydrolysis) is 1. The first-order valence-corrected chi connectivity index (χ1v) is 19.1. The molecule has 3 aliphatic carbocycles. The number of allylic oxidation sites excluding steroid dienone is 2. The zero-order chi connectivity index (χ0) is 43.4. The molecule has 0 unspecified atom stereocenters. The van der Waals surface area contributed by atoms with Gasteiger partial charge in [-0.25, -0.2) is 14.4 Å². The van der Waals surface area contributed by atoms with Crippen molar-refractivity contribution in [3.8, 4) is 0 Å². The van der Waals surface area contributed by atoms with E-state index in [4.69, 9.17) is 28.4 Å². The molecule has 3 fully saturated rings. The maximum Gasteiger partial charge on any atom is 0.408 e. The topological polar surface area (TPSA) is 231 Å². The number of nitrogens with one attached hydrogen (secondary N) is 1. The van der Waals surface area contributed by atoms with Crippen molar-refractivity contribution in [2.75, 3.05) is 6.61 Å². The van der Waals surface area contributed by atoms with Crippen molar-refractivity contribution in [2.45, 2.75) is 162 Å². The summed E-state index contributed by atoms with van der Waals surface area (Å²) in [6.45, 7) is 19.5. The average Bonchev–Trinajstić information content (AvgIpc) is 3.03. The van der Waals surface area contributed by atoms with Crippen molar-refractivity contribution in [3.63, 3.8) is 0 Å². The second kappa shape index (κ2) is 15.9. The second-order valence-corrected chi connectivity index (χ2v) is 17.9. The maximum absolute atomic E-state index is 15.3. The number of carbonyl (C=O) groups excluding carboxylic acids is 6. The molecule has 0 radical (unpaired) electrons. The molecule has 0 aromatic rings. The van der Waals surface area contributed by atoms with Crippen LogP contribution in [0, 0.1) is 16.7 Å². The van der Waals surface area contributed by atoms with Gasteiger partial charge in [-0.2, -0.15) is 0 Å². The summed E-state index contributed by atoms with van der Waals surface area (Å²) in [5.74, 6) is -6.22. The molecule has 11 atom stereocenters. The fraction of sp³-hybridized carbons (Fsp3) is 0.707. The Morgan fingerprint density at radius 2 is 1.56 bits per heavy atom. The SMILES string of the molecule is CC(=O)O[C@H]1C(=O)[C@]2(C)[C@@H](O)C[C@H]3OC[C@@]3(OC(C)=O)[C@@H]2[C@@H](OC(=O)C=C(C)C)[C@]2(O)C[C@@H](OC(=O)[C@H](O)[C@H](C=C(C)C)NC(=O)OC(C)(C)C)C(C)=C1C2(C)C. The van der Waals surface area contributed by atoms with Gasteiger partial charge in [-0.1, -0.05) is 31.1 Å². The summed E-state index contributed by atoms with van der Waals surface area (Å²) in [7, 11) is 0. The van der Waals surface area contributed by atoms with Crippen molar-refractivity contribution in [1.29, 1.82) is 0 Å². The van der Waals surface area contributed by atoms with E-state index in [9.17, 15) is 39.3 Å². The molecule has 4 rings (SSSR count). The first-order valence-electron chi connectivity index (χ1n) is 19.1. The van der Waals surface area contributed by atoms with E-state index in [1.807, 2.05) is 0 Å². The summed E-state index contributed by atoms with van der Waals surface area (Å²) in [5, 5.41) is 39.2. The van der Waals surface area contributed by atoms with Crippen molar-refractivity contribution in [3.05, 3.63) is 34.4 Å². The third-order valence-corrected chi connectivity index (χ3v) is 11.6. The van der Waals surface area contributed by atoms with Crippen LogP contribution in [0.15, 0.2) is 34.4 Å². The van der Waals surface area contributed by atoms with E-state index < -0.39 is 118 Å². The minimum absolute atomic E-state index is 0.000116. The van der Waals surface area contributed by atoms with Crippen LogP contribution in [0.1, 0.15) is 103 Å². The number of fused-ring (bicyclic) bond motifs is 5. The Bertz CT molecular complexity index is 1760. The number of aliphatic hydroxyl groups excluding tert-OH is 2. The van der Waals surface area contributed by atoms with E-state index in [0.717, 1.165) is 13.8 Å². The number of hydrogen-bond donors (Lipinski definition) is 4. The lowest BCUT2D eigenvalue weighted by Gasteiger charge is -2.67. The van der Waals surface area contributed by atoms with Gasteiger partial charge in [0.1, 0.15) is 29.5 Å². The number of aliphatic hydroxyl groups is 3. The van der Waals surface area contributed by atoms with E-state index in [1.165, 1.54) is 26.0 Å². The average molecular weight is 806 g/mol. The highest BCUT2D eigenvalue weighted by Crippen LogP contribution is 2.64. The zero-order valence-electron chi connectivity index (χ0n) is 35.1. The summed E-state index contributed by atoms with van der Waals surface area (Å²) in [6.07, 6.45) is -8.68. The third kappa shape index (κ3) is 8.41. The van der Waals surface area contributed by atoms with Crippen LogP contribution in [-0.2, 0) is 52.4 Å². The molecule has 1 heterocycles. The Kier molecular flexibility index (Phi) is 12.7. The van der Waals surface area contributed by atoms with Gasteiger partial charge < -0.3 is 49.1 Å². The van der Waals surface area contributed by atoms with Crippen LogP contribution < -0.4 is 5.32 Å². The van der Waals surface area contributed by atoms with Crippen LogP contribution in [0.4, 0.5) is 4.79 Å². The lowest BCUT2D eigenvalue weighted by Crippen LogP contribution is -2.82. The molecule has 1 aliphatic heterocycles. The Morgan fingerprint density at radius 1 is 0.947 bits per heavy atom. The summed E-state index contributed by atoms with van der Waals surface area (Å²) in [4.78, 5) is 81.4. The van der Waals surface area contributed by atoms with Crippen LogP contribution in [0.2, 0.25) is 0 Å². The molecule has 318 valence electrons. The molecular weight excluding hydrogens is 746 g/mol. The lowest BCUT2D eigenvalue weighted by atomic mass is 9.44. The molecule has 16 heteroatoms. The van der Waals surface area contributed by atoms with Crippen molar-refractivity contribution >= 4 is 35.8 Å². The molecular formula is C41H59NO15. The number of ether oxygens (including phenoxy) is 6. The van der Waals surface area contributed by atoms with Crippen molar-refractivity contribution in [2.24, 2.45) is 16.7 Å². The van der Waals surface area contributed by atoms with Crippen LogP contribution in [-0.4, -0.2) is 117 Å². The van der Waals surface area contributed by atoms with Gasteiger partial charge in [-0.15, -0.1) is 0 Å². The quantitative estimate of drug-likeness (QED) is 0.114. The summed E-state index contributed by atoms with van der Waals surface area (Å²) in [6, 6.07) is -1.34. The number of amides is 1. The molecule has 2 saturated carbocycles. The predicted molar refractivity (Wildman–Crippen MR) is 201 cm³/mol. The van der Waals surface area contributed by atoms with Gasteiger partial charge in [0.25, 0.3) is 0 Å². The molecule has 0 aromatic carbocycles. The van der Waals surface area contributed by atoms with Gasteiger partial charge in [0, 0.05) is 38.2 Å². The zero-order valence-corrected chi connectivity index (χ0v) is 35.1. The number of Topliss-reactive ketones (excluding diaryl/α,β-unsaturated/α-hetero) is 1. The molecule has 16 nitrogen and oxygen atoms in total. The van der Waals surface area contributed by atoms with E-state index >= 15 is 4.79 Å². The summed E-state index contributed by atoms with van der Waals surface area (Å²) in [5.41, 5.74) is -7.34. The summed E-state index contributed by atoms with van der Waals surface area (Å²) < 4.78 is 35.1. The van der Waals surface area contributed by atoms with Crippen LogP contribution in [0.5, 0.6) is 0 Å². The number of hydrogen-bond acceptors (Lipinski definition) is 15. The van der Waals surface area contributed by atoms with Crippen molar-refractivity contribution in [1.82, 2.24) is 5.32 Å². The smallest absolute Gasteiger partial charge is 0.408 e. The molecule has 1 saturated heterocycles. The van der Waals surface area contributed by atoms with Gasteiger partial charge >= 0.3 is 30.0 Å². The van der Waals surface area contributed by atoms with Crippen LogP contribution in [0.25, 0.3) is 0 Å². The maximum atomic E-state index is 15.3. The number of rotatable bonds is 9. The number of carbonyl (C=O) groups is 6. The molecule has 0 aromatic heterocycles. The minimum Gasteiger partial charge on any atom is -0.456 e. The van der Waals surface area contributed by atoms with Gasteiger partial charge in [-0.3, -0.25) is 14.4 Å². The first kappa shape index (κ1) is 45.6. The molecule has 0 spiro atoms. The van der Waals surface area contributed by atoms with Gasteiger partial charge in [0.05, 0.1) is 30.1 Å². The van der Waals surface area contributed by atoms with E-state index in [-0.39, 0.29) is 24.2 Å². The van der Waals surface area contributed by atoms with E-state index in [1.54, 1.807) is 62.3 Å². The lowest BCUT2D eigenvalue weighted by molar-refractivity contribution is -0.347. The highest BCUT2D eigenvalue weighted by atomic mass is 16.6.